The molecule has 0 saturated heterocycles. The van der Waals surface area contributed by atoms with E-state index in [1.807, 2.05) is 6.92 Å². The number of methoxy groups -OCH3 is 1. The van der Waals surface area contributed by atoms with E-state index >= 15 is 0 Å². The molecule has 90 valence electrons. The number of rotatable bonds is 8. The third kappa shape index (κ3) is 3.92. The largest absolute Gasteiger partial charge is 0.396 e. The number of ether oxygens (including phenoxy) is 1. The number of aliphatic hydroxyl groups excluding tert-OH is 1. The van der Waals surface area contributed by atoms with Gasteiger partial charge < -0.3 is 14.6 Å². The zero-order chi connectivity index (χ0) is 11.9. The molecule has 0 aliphatic rings. The second-order valence-electron chi connectivity index (χ2n) is 4.40. The average molecular weight is 216 g/mol. The fourth-order valence-electron chi connectivity index (χ4n) is 1.90. The maximum Gasteiger partial charge on any atom is 0.125 e. The Kier molecular flexibility index (Phi) is 6.77. The maximum atomic E-state index is 10.9. The molecule has 1 N–H and O–H groups in total. The van der Waals surface area contributed by atoms with Crippen LogP contribution in [0.5, 0.6) is 0 Å². The molecule has 0 rings (SSSR count). The van der Waals surface area contributed by atoms with Crippen molar-refractivity contribution in [1.82, 2.24) is 0 Å². The Hall–Kier alpha value is -0.410. The summed E-state index contributed by atoms with van der Waals surface area (Å²) >= 11 is 0. The molecule has 0 heterocycles. The predicted molar refractivity (Wildman–Crippen MR) is 60.7 cm³/mol. The van der Waals surface area contributed by atoms with Crippen LogP contribution in [-0.4, -0.2) is 31.2 Å². The van der Waals surface area contributed by atoms with E-state index in [1.165, 1.54) is 0 Å². The first-order valence-corrected chi connectivity index (χ1v) is 5.66. The number of aldehydes is 1. The summed E-state index contributed by atoms with van der Waals surface area (Å²) in [5.74, 6) is -0.285. The third-order valence-electron chi connectivity index (χ3n) is 3.55. The molecule has 0 aromatic heterocycles. The van der Waals surface area contributed by atoms with E-state index < -0.39 is 0 Å². The molecular formula is C12H24O3. The highest BCUT2D eigenvalue weighted by molar-refractivity contribution is 5.55. The molecule has 0 aromatic rings. The van der Waals surface area contributed by atoms with Crippen molar-refractivity contribution in [2.75, 3.05) is 13.7 Å². The lowest BCUT2D eigenvalue weighted by molar-refractivity contribution is -0.117. The van der Waals surface area contributed by atoms with Gasteiger partial charge in [0.15, 0.2) is 0 Å². The van der Waals surface area contributed by atoms with Crippen molar-refractivity contribution in [3.8, 4) is 0 Å². The van der Waals surface area contributed by atoms with Gasteiger partial charge in [0.2, 0.25) is 0 Å². The SMILES string of the molecule is CCC(CC(C)(CC)C(C=O)CO)OC. The molecule has 0 saturated carbocycles. The van der Waals surface area contributed by atoms with E-state index in [-0.39, 0.29) is 24.0 Å². The van der Waals surface area contributed by atoms with E-state index in [0.29, 0.717) is 0 Å². The molecule has 3 unspecified atom stereocenters. The highest BCUT2D eigenvalue weighted by atomic mass is 16.5. The topological polar surface area (TPSA) is 46.5 Å². The van der Waals surface area contributed by atoms with Gasteiger partial charge in [-0.05, 0) is 24.7 Å². The van der Waals surface area contributed by atoms with Crippen molar-refractivity contribution in [3.05, 3.63) is 0 Å². The van der Waals surface area contributed by atoms with Crippen LogP contribution in [0.3, 0.4) is 0 Å². The van der Waals surface area contributed by atoms with Crippen molar-refractivity contribution in [2.45, 2.75) is 46.1 Å². The van der Waals surface area contributed by atoms with Crippen molar-refractivity contribution in [1.29, 1.82) is 0 Å². The van der Waals surface area contributed by atoms with Crippen LogP contribution in [-0.2, 0) is 9.53 Å². The van der Waals surface area contributed by atoms with Gasteiger partial charge in [-0.15, -0.1) is 0 Å². The Balaban J connectivity index is 4.59. The van der Waals surface area contributed by atoms with Gasteiger partial charge in [0.25, 0.3) is 0 Å². The number of carbonyl (C=O) groups excluding carboxylic acids is 1. The molecule has 0 spiro atoms. The molecule has 0 aliphatic heterocycles. The molecule has 0 bridgehead atoms. The summed E-state index contributed by atoms with van der Waals surface area (Å²) in [6.45, 7) is 6.09. The average Bonchev–Trinajstić information content (AvgIpc) is 2.27. The summed E-state index contributed by atoms with van der Waals surface area (Å²) in [5, 5.41) is 9.18. The summed E-state index contributed by atoms with van der Waals surface area (Å²) in [6.07, 6.45) is 3.66. The standard InChI is InChI=1S/C12H24O3/c1-5-11(15-4)7-12(3,6-2)10(8-13)9-14/h8,10-11,14H,5-7,9H2,1-4H3. The fraction of sp³-hybridized carbons (Fsp3) is 0.917. The van der Waals surface area contributed by atoms with E-state index in [9.17, 15) is 9.90 Å². The Morgan fingerprint density at radius 3 is 2.33 bits per heavy atom. The zero-order valence-corrected chi connectivity index (χ0v) is 10.3. The molecule has 0 radical (unpaired) electrons. The van der Waals surface area contributed by atoms with E-state index in [4.69, 9.17) is 4.74 Å². The Morgan fingerprint density at radius 1 is 1.47 bits per heavy atom. The number of hydrogen-bond donors (Lipinski definition) is 1. The van der Waals surface area contributed by atoms with Crippen LogP contribution in [0, 0.1) is 11.3 Å². The molecule has 3 atom stereocenters. The van der Waals surface area contributed by atoms with Crippen molar-refractivity contribution >= 4 is 6.29 Å². The molecule has 3 nitrogen and oxygen atoms in total. The second-order valence-corrected chi connectivity index (χ2v) is 4.40. The minimum Gasteiger partial charge on any atom is -0.396 e. The van der Waals surface area contributed by atoms with Gasteiger partial charge in [0.1, 0.15) is 6.29 Å². The lowest BCUT2D eigenvalue weighted by Gasteiger charge is -2.35. The second kappa shape index (κ2) is 6.96. The smallest absolute Gasteiger partial charge is 0.125 e. The van der Waals surface area contributed by atoms with E-state index in [0.717, 1.165) is 25.5 Å². The predicted octanol–water partition coefficient (Wildman–Crippen LogP) is 2.03. The minimum absolute atomic E-state index is 0.0754. The molecule has 0 amide bonds. The molecule has 0 aliphatic carbocycles. The summed E-state index contributed by atoms with van der Waals surface area (Å²) < 4.78 is 5.34. The van der Waals surface area contributed by atoms with Gasteiger partial charge in [-0.2, -0.15) is 0 Å². The fourth-order valence-corrected chi connectivity index (χ4v) is 1.90. The lowest BCUT2D eigenvalue weighted by atomic mass is 9.72. The molecule has 3 heteroatoms. The number of carbonyl (C=O) groups is 1. The first-order chi connectivity index (χ1) is 7.07. The minimum atomic E-state index is -0.285. The zero-order valence-electron chi connectivity index (χ0n) is 10.3. The monoisotopic (exact) mass is 216 g/mol. The van der Waals surface area contributed by atoms with Crippen LogP contribution < -0.4 is 0 Å². The summed E-state index contributed by atoms with van der Waals surface area (Å²) in [7, 11) is 1.69. The van der Waals surface area contributed by atoms with Crippen LogP contribution >= 0.6 is 0 Å². The highest BCUT2D eigenvalue weighted by Gasteiger charge is 2.34. The third-order valence-corrected chi connectivity index (χ3v) is 3.55. The summed E-state index contributed by atoms with van der Waals surface area (Å²) in [4.78, 5) is 10.9. The van der Waals surface area contributed by atoms with Crippen molar-refractivity contribution in [2.24, 2.45) is 11.3 Å². The maximum absolute atomic E-state index is 10.9. The van der Waals surface area contributed by atoms with E-state index in [2.05, 4.69) is 13.8 Å². The van der Waals surface area contributed by atoms with Crippen molar-refractivity contribution < 1.29 is 14.6 Å². The van der Waals surface area contributed by atoms with Crippen molar-refractivity contribution in [3.63, 3.8) is 0 Å². The quantitative estimate of drug-likeness (QED) is 0.631. The van der Waals surface area contributed by atoms with Gasteiger partial charge in [0, 0.05) is 13.0 Å². The lowest BCUT2D eigenvalue weighted by Crippen LogP contribution is -2.34. The Bertz CT molecular complexity index is 178. The number of hydrogen-bond acceptors (Lipinski definition) is 3. The van der Waals surface area contributed by atoms with Crippen LogP contribution in [0.2, 0.25) is 0 Å². The Labute approximate surface area is 92.8 Å². The van der Waals surface area contributed by atoms with Gasteiger partial charge in [-0.25, -0.2) is 0 Å². The number of aliphatic hydroxyl groups is 1. The van der Waals surface area contributed by atoms with Gasteiger partial charge in [-0.1, -0.05) is 20.8 Å². The van der Waals surface area contributed by atoms with Crippen LogP contribution in [0.1, 0.15) is 40.0 Å². The van der Waals surface area contributed by atoms with E-state index in [1.54, 1.807) is 7.11 Å². The molecule has 0 fully saturated rings. The molecule has 0 aromatic carbocycles. The van der Waals surface area contributed by atoms with Gasteiger partial charge in [-0.3, -0.25) is 0 Å². The van der Waals surface area contributed by atoms with Gasteiger partial charge >= 0.3 is 0 Å². The van der Waals surface area contributed by atoms with Crippen LogP contribution in [0.4, 0.5) is 0 Å². The summed E-state index contributed by atoms with van der Waals surface area (Å²) in [6, 6.07) is 0. The van der Waals surface area contributed by atoms with Gasteiger partial charge in [0.05, 0.1) is 12.7 Å². The first kappa shape index (κ1) is 14.6. The molecular weight excluding hydrogens is 192 g/mol. The van der Waals surface area contributed by atoms with Crippen LogP contribution in [0.25, 0.3) is 0 Å². The first-order valence-electron chi connectivity index (χ1n) is 5.66. The highest BCUT2D eigenvalue weighted by Crippen LogP contribution is 2.36. The summed E-state index contributed by atoms with van der Waals surface area (Å²) in [5.41, 5.74) is -0.160. The van der Waals surface area contributed by atoms with Crippen LogP contribution in [0.15, 0.2) is 0 Å². The normalized spacial score (nSPS) is 19.3. The molecule has 15 heavy (non-hydrogen) atoms. The Morgan fingerprint density at radius 2 is 2.07 bits per heavy atom.